The van der Waals surface area contributed by atoms with Crippen molar-refractivity contribution in [3.8, 4) is 0 Å². The lowest BCUT2D eigenvalue weighted by molar-refractivity contribution is 0.109. The topological polar surface area (TPSA) is 18.5 Å². The van der Waals surface area contributed by atoms with E-state index in [4.69, 9.17) is 8.85 Å². The lowest BCUT2D eigenvalue weighted by atomic mass is 9.98. The summed E-state index contributed by atoms with van der Waals surface area (Å²) in [4.78, 5) is 0. The predicted octanol–water partition coefficient (Wildman–Crippen LogP) is 3.90. The highest BCUT2D eigenvalue weighted by atomic mass is 32.4. The molecule has 0 heterocycles. The van der Waals surface area contributed by atoms with Gasteiger partial charge in [0.25, 0.3) is 0 Å². The Kier molecular flexibility index (Phi) is 6.69. The molecular formula is C13H31O2SSi2. The molecule has 0 bridgehead atoms. The molecule has 0 saturated carbocycles. The number of rotatable bonds is 6. The molecule has 18 heavy (non-hydrogen) atoms. The van der Waals surface area contributed by atoms with Crippen molar-refractivity contribution in [3.05, 3.63) is 0 Å². The minimum absolute atomic E-state index is 0.115. The van der Waals surface area contributed by atoms with Gasteiger partial charge in [-0.3, -0.25) is 0 Å². The van der Waals surface area contributed by atoms with E-state index in [-0.39, 0.29) is 10.9 Å². The van der Waals surface area contributed by atoms with Crippen molar-refractivity contribution in [2.75, 3.05) is 19.6 Å². The highest BCUT2D eigenvalue weighted by Crippen LogP contribution is 2.50. The van der Waals surface area contributed by atoms with E-state index in [1.54, 1.807) is 7.11 Å². The normalized spacial score (nSPS) is 19.7. The Morgan fingerprint density at radius 1 is 1.22 bits per heavy atom. The van der Waals surface area contributed by atoms with E-state index in [0.717, 1.165) is 6.04 Å². The molecule has 0 rings (SSSR count). The van der Waals surface area contributed by atoms with Gasteiger partial charge in [0.05, 0.1) is 14.8 Å². The van der Waals surface area contributed by atoms with Gasteiger partial charge in [0.15, 0.2) is 0 Å². The lowest BCUT2D eigenvalue weighted by Gasteiger charge is -2.47. The average molecular weight is 308 g/mol. The van der Waals surface area contributed by atoms with Gasteiger partial charge in [-0.25, -0.2) is 9.48 Å². The summed E-state index contributed by atoms with van der Waals surface area (Å²) < 4.78 is 12.3. The summed E-state index contributed by atoms with van der Waals surface area (Å²) in [5.41, 5.74) is 0.321. The molecule has 0 aliphatic carbocycles. The molecule has 0 N–H and O–H groups in total. The Balaban J connectivity index is 5.07. The van der Waals surface area contributed by atoms with Crippen molar-refractivity contribution in [3.63, 3.8) is 0 Å². The number of hydrogen-bond donors (Lipinski definition) is 0. The van der Waals surface area contributed by atoms with Crippen molar-refractivity contribution in [1.82, 2.24) is 0 Å². The molecule has 2 nitrogen and oxygen atoms in total. The monoisotopic (exact) mass is 307 g/mol. The molecule has 2 unspecified atom stereocenters. The summed E-state index contributed by atoms with van der Waals surface area (Å²) in [6.07, 6.45) is 4.50. The van der Waals surface area contributed by atoms with E-state index < -0.39 is 18.0 Å². The van der Waals surface area contributed by atoms with E-state index in [9.17, 15) is 0 Å². The van der Waals surface area contributed by atoms with E-state index >= 15 is 0 Å². The van der Waals surface area contributed by atoms with Crippen molar-refractivity contribution >= 4 is 27.4 Å². The average Bonchev–Trinajstić information content (AvgIpc) is 2.09. The Morgan fingerprint density at radius 3 is 1.89 bits per heavy atom. The zero-order valence-electron chi connectivity index (χ0n) is 13.6. The molecule has 3 radical (unpaired) electrons. The SMILES string of the molecule is CO[Si](C)(CC(C)C)OC(C(C)(C)C)S(C)(C)[Si]. The van der Waals surface area contributed by atoms with E-state index in [1.807, 2.05) is 0 Å². The largest absolute Gasteiger partial charge is 0.398 e. The predicted molar refractivity (Wildman–Crippen MR) is 87.8 cm³/mol. The van der Waals surface area contributed by atoms with Gasteiger partial charge in [-0.1, -0.05) is 34.6 Å². The molecule has 0 aromatic rings. The first-order valence-corrected chi connectivity index (χ1v) is 12.8. The Bertz CT molecular complexity index is 245. The molecule has 109 valence electrons. The summed E-state index contributed by atoms with van der Waals surface area (Å²) >= 11 is 0. The molecule has 0 aromatic carbocycles. The maximum Gasteiger partial charge on any atom is 0.335 e. The van der Waals surface area contributed by atoms with Crippen LogP contribution in [0.3, 0.4) is 0 Å². The zero-order valence-corrected chi connectivity index (χ0v) is 16.4. The number of hydrogen-bond acceptors (Lipinski definition) is 2. The maximum absolute atomic E-state index is 6.53. The molecule has 0 spiro atoms. The van der Waals surface area contributed by atoms with Crippen LogP contribution in [0.25, 0.3) is 0 Å². The Hall–Kier alpha value is 0.704. The van der Waals surface area contributed by atoms with Crippen LogP contribution >= 0.6 is 9.48 Å². The van der Waals surface area contributed by atoms with Crippen LogP contribution in [-0.4, -0.2) is 43.0 Å². The van der Waals surface area contributed by atoms with E-state index in [0.29, 0.717) is 5.92 Å². The minimum atomic E-state index is -2.08. The second-order valence-electron chi connectivity index (χ2n) is 7.16. The maximum atomic E-state index is 6.53. The molecule has 2 atom stereocenters. The van der Waals surface area contributed by atoms with Crippen molar-refractivity contribution in [2.24, 2.45) is 11.3 Å². The molecule has 5 heteroatoms. The van der Waals surface area contributed by atoms with Crippen LogP contribution < -0.4 is 0 Å². The molecular weight excluding hydrogens is 276 g/mol. The zero-order chi connectivity index (χ0) is 14.8. The van der Waals surface area contributed by atoms with Crippen molar-refractivity contribution < 1.29 is 8.85 Å². The summed E-state index contributed by atoms with van der Waals surface area (Å²) in [6.45, 7) is 13.4. The van der Waals surface area contributed by atoms with Crippen LogP contribution in [0.4, 0.5) is 0 Å². The standard InChI is InChI=1S/C13H31O2SSi2/c1-11(2)10-18(9,14-6)15-12(13(3,4)5)16(7,8)17/h11-12H,10H2,1-9H3. The third-order valence-electron chi connectivity index (χ3n) is 2.81. The van der Waals surface area contributed by atoms with Gasteiger partial charge in [0, 0.05) is 7.11 Å². The summed E-state index contributed by atoms with van der Waals surface area (Å²) in [5, 5.41) is 0. The molecule has 0 saturated heterocycles. The van der Waals surface area contributed by atoms with Crippen molar-refractivity contribution in [2.45, 2.75) is 52.6 Å². The second-order valence-corrected chi connectivity index (χ2v) is 16.9. The molecule has 0 fully saturated rings. The van der Waals surface area contributed by atoms with Crippen LogP contribution in [0.1, 0.15) is 34.6 Å². The Morgan fingerprint density at radius 2 is 1.67 bits per heavy atom. The van der Waals surface area contributed by atoms with Crippen LogP contribution in [-0.2, 0) is 8.85 Å². The quantitative estimate of drug-likeness (QED) is 0.693. The van der Waals surface area contributed by atoms with Crippen LogP contribution in [0, 0.1) is 11.3 Å². The third kappa shape index (κ3) is 6.23. The van der Waals surface area contributed by atoms with Crippen LogP contribution in [0.5, 0.6) is 0 Å². The van der Waals surface area contributed by atoms with E-state index in [2.05, 4.69) is 63.1 Å². The summed E-state index contributed by atoms with van der Waals surface area (Å²) in [7, 11) is 2.66. The van der Waals surface area contributed by atoms with Gasteiger partial charge in [0.1, 0.15) is 0 Å². The summed E-state index contributed by atoms with van der Waals surface area (Å²) in [6, 6.07) is 1.04. The third-order valence-corrected chi connectivity index (χ3v) is 8.65. The van der Waals surface area contributed by atoms with Crippen molar-refractivity contribution in [1.29, 1.82) is 0 Å². The smallest absolute Gasteiger partial charge is 0.335 e. The fraction of sp³-hybridized carbons (Fsp3) is 1.00. The van der Waals surface area contributed by atoms with Gasteiger partial charge in [0.2, 0.25) is 0 Å². The Labute approximate surface area is 120 Å². The first-order chi connectivity index (χ1) is 7.82. The van der Waals surface area contributed by atoms with Gasteiger partial charge < -0.3 is 8.85 Å². The first-order valence-electron chi connectivity index (χ1n) is 6.51. The van der Waals surface area contributed by atoms with Gasteiger partial charge in [-0.2, -0.15) is 0 Å². The minimum Gasteiger partial charge on any atom is -0.398 e. The van der Waals surface area contributed by atoms with Gasteiger partial charge in [-0.05, 0) is 36.4 Å². The van der Waals surface area contributed by atoms with Crippen LogP contribution in [0.2, 0.25) is 12.6 Å². The van der Waals surface area contributed by atoms with Gasteiger partial charge >= 0.3 is 8.56 Å². The molecule has 0 amide bonds. The second kappa shape index (κ2) is 6.44. The first kappa shape index (κ1) is 18.7. The summed E-state index contributed by atoms with van der Waals surface area (Å²) in [5.74, 6) is 0.607. The molecule has 0 aliphatic rings. The van der Waals surface area contributed by atoms with E-state index in [1.165, 1.54) is 0 Å². The molecule has 0 aromatic heterocycles. The fourth-order valence-electron chi connectivity index (χ4n) is 2.33. The molecule has 0 aliphatic heterocycles. The highest BCUT2D eigenvalue weighted by Gasteiger charge is 2.41. The van der Waals surface area contributed by atoms with Crippen LogP contribution in [0.15, 0.2) is 0 Å². The highest BCUT2D eigenvalue weighted by molar-refractivity contribution is 8.49. The fourth-order valence-corrected chi connectivity index (χ4v) is 9.81. The van der Waals surface area contributed by atoms with Gasteiger partial charge in [-0.15, -0.1) is 0 Å². The lowest BCUT2D eigenvalue weighted by Crippen LogP contribution is -2.47.